The molecule has 3 rings (SSSR count). The predicted molar refractivity (Wildman–Crippen MR) is 95.0 cm³/mol. The Kier molecular flexibility index (Phi) is 5.16. The van der Waals surface area contributed by atoms with E-state index in [1.165, 1.54) is 6.07 Å². The van der Waals surface area contributed by atoms with E-state index in [1.54, 1.807) is 4.90 Å². The summed E-state index contributed by atoms with van der Waals surface area (Å²) in [4.78, 5) is 25.8. The first-order valence-corrected chi connectivity index (χ1v) is 8.30. The minimum atomic E-state index is -0.846. The van der Waals surface area contributed by atoms with Crippen molar-refractivity contribution in [3.63, 3.8) is 0 Å². The monoisotopic (exact) mass is 359 g/mol. The second kappa shape index (κ2) is 7.51. The maximum atomic E-state index is 13.5. The fourth-order valence-corrected chi connectivity index (χ4v) is 2.90. The molecular weight excluding hydrogens is 340 g/mol. The Balaban J connectivity index is 1.54. The topological polar surface area (TPSA) is 61.4 Å². The lowest BCUT2D eigenvalue weighted by atomic mass is 10.1. The molecule has 3 amide bonds. The van der Waals surface area contributed by atoms with Crippen molar-refractivity contribution in [2.45, 2.75) is 13.3 Å². The van der Waals surface area contributed by atoms with Crippen LogP contribution in [0.5, 0.6) is 0 Å². The number of hydrogen-bond acceptors (Lipinski definition) is 2. The molecule has 7 heteroatoms. The van der Waals surface area contributed by atoms with E-state index in [1.807, 2.05) is 31.2 Å². The summed E-state index contributed by atoms with van der Waals surface area (Å²) in [7, 11) is 0. The van der Waals surface area contributed by atoms with Crippen LogP contribution in [0.1, 0.15) is 12.0 Å². The molecule has 0 aromatic heterocycles. The summed E-state index contributed by atoms with van der Waals surface area (Å²) >= 11 is 0. The third-order valence-electron chi connectivity index (χ3n) is 4.30. The number of anilines is 2. The number of rotatable bonds is 4. The first-order valence-electron chi connectivity index (χ1n) is 8.30. The Labute approximate surface area is 150 Å². The Hall–Kier alpha value is -2.96. The van der Waals surface area contributed by atoms with Gasteiger partial charge in [0.25, 0.3) is 0 Å². The van der Waals surface area contributed by atoms with Crippen molar-refractivity contribution in [2.75, 3.05) is 23.3 Å². The average Bonchev–Trinajstić information content (AvgIpc) is 2.98. The zero-order valence-electron chi connectivity index (χ0n) is 14.3. The Morgan fingerprint density at radius 1 is 1.15 bits per heavy atom. The van der Waals surface area contributed by atoms with E-state index < -0.39 is 23.4 Å². The summed E-state index contributed by atoms with van der Waals surface area (Å²) in [5.41, 5.74) is 1.44. The molecule has 0 spiro atoms. The Morgan fingerprint density at radius 2 is 1.81 bits per heavy atom. The molecule has 136 valence electrons. The van der Waals surface area contributed by atoms with E-state index in [-0.39, 0.29) is 18.4 Å². The second-order valence-electron chi connectivity index (χ2n) is 6.34. The molecule has 1 atom stereocenters. The van der Waals surface area contributed by atoms with Gasteiger partial charge in [-0.15, -0.1) is 0 Å². The van der Waals surface area contributed by atoms with Crippen molar-refractivity contribution in [1.29, 1.82) is 0 Å². The summed E-state index contributed by atoms with van der Waals surface area (Å²) in [6.45, 7) is 2.69. The van der Waals surface area contributed by atoms with E-state index in [9.17, 15) is 18.4 Å². The van der Waals surface area contributed by atoms with Gasteiger partial charge in [0.2, 0.25) is 5.91 Å². The molecule has 0 bridgehead atoms. The fraction of sp³-hybridized carbons (Fsp3) is 0.263. The zero-order valence-corrected chi connectivity index (χ0v) is 14.3. The van der Waals surface area contributed by atoms with Crippen molar-refractivity contribution in [2.24, 2.45) is 5.92 Å². The summed E-state index contributed by atoms with van der Waals surface area (Å²) < 4.78 is 27.1. The van der Waals surface area contributed by atoms with Crippen molar-refractivity contribution in [3.05, 3.63) is 59.7 Å². The largest absolute Gasteiger partial charge is 0.338 e. The van der Waals surface area contributed by atoms with Crippen LogP contribution < -0.4 is 15.5 Å². The van der Waals surface area contributed by atoms with Gasteiger partial charge in [-0.1, -0.05) is 23.8 Å². The number of amides is 3. The van der Waals surface area contributed by atoms with Gasteiger partial charge in [0.05, 0.1) is 0 Å². The standard InChI is InChI=1S/C19H19F2N3O2/c1-12-5-7-14(8-6-12)24-11-13(9-17(24)25)10-22-19(26)23-18-15(20)3-2-4-16(18)21/h2-8,13H,9-11H2,1H3,(H2,22,23,26). The van der Waals surface area contributed by atoms with Crippen LogP contribution in [0.15, 0.2) is 42.5 Å². The quantitative estimate of drug-likeness (QED) is 0.878. The highest BCUT2D eigenvalue weighted by atomic mass is 19.1. The lowest BCUT2D eigenvalue weighted by Gasteiger charge is -2.17. The fourth-order valence-electron chi connectivity index (χ4n) is 2.90. The molecule has 0 aliphatic carbocycles. The van der Waals surface area contributed by atoms with Crippen LogP contribution in [0.2, 0.25) is 0 Å². The summed E-state index contributed by atoms with van der Waals surface area (Å²) in [5.74, 6) is -1.77. The van der Waals surface area contributed by atoms with Gasteiger partial charge in [0.1, 0.15) is 17.3 Å². The van der Waals surface area contributed by atoms with Gasteiger partial charge in [-0.3, -0.25) is 4.79 Å². The summed E-state index contributed by atoms with van der Waals surface area (Å²) in [6, 6.07) is 10.3. The van der Waals surface area contributed by atoms with Crippen LogP contribution in [-0.2, 0) is 4.79 Å². The average molecular weight is 359 g/mol. The number of nitrogens with zero attached hydrogens (tertiary/aromatic N) is 1. The molecule has 5 nitrogen and oxygen atoms in total. The predicted octanol–water partition coefficient (Wildman–Crippen LogP) is 3.45. The molecule has 1 unspecified atom stereocenters. The van der Waals surface area contributed by atoms with E-state index in [0.29, 0.717) is 13.0 Å². The van der Waals surface area contributed by atoms with Crippen molar-refractivity contribution in [1.82, 2.24) is 5.32 Å². The van der Waals surface area contributed by atoms with Crippen LogP contribution in [0.3, 0.4) is 0 Å². The van der Waals surface area contributed by atoms with Gasteiger partial charge in [-0.25, -0.2) is 13.6 Å². The lowest BCUT2D eigenvalue weighted by molar-refractivity contribution is -0.117. The molecule has 0 saturated carbocycles. The van der Waals surface area contributed by atoms with Crippen LogP contribution in [-0.4, -0.2) is 25.0 Å². The molecule has 2 aromatic carbocycles. The van der Waals surface area contributed by atoms with E-state index in [0.717, 1.165) is 23.4 Å². The van der Waals surface area contributed by atoms with Gasteiger partial charge in [0.15, 0.2) is 0 Å². The molecule has 0 radical (unpaired) electrons. The normalized spacial score (nSPS) is 16.7. The summed E-state index contributed by atoms with van der Waals surface area (Å²) in [5, 5.41) is 4.73. The Morgan fingerprint density at radius 3 is 2.46 bits per heavy atom. The number of halogens is 2. The molecule has 1 fully saturated rings. The third kappa shape index (κ3) is 3.99. The number of urea groups is 1. The van der Waals surface area contributed by atoms with Gasteiger partial charge in [-0.05, 0) is 31.2 Å². The Bertz CT molecular complexity index is 804. The van der Waals surface area contributed by atoms with Gasteiger partial charge < -0.3 is 15.5 Å². The number of nitrogens with one attached hydrogen (secondary N) is 2. The maximum absolute atomic E-state index is 13.5. The third-order valence-corrected chi connectivity index (χ3v) is 4.30. The highest BCUT2D eigenvalue weighted by molar-refractivity contribution is 5.96. The number of aryl methyl sites for hydroxylation is 1. The number of benzene rings is 2. The SMILES string of the molecule is Cc1ccc(N2CC(CNC(=O)Nc3c(F)cccc3F)CC2=O)cc1. The first kappa shape index (κ1) is 17.8. The molecule has 1 heterocycles. The maximum Gasteiger partial charge on any atom is 0.319 e. The first-order chi connectivity index (χ1) is 12.4. The number of hydrogen-bond donors (Lipinski definition) is 2. The van der Waals surface area contributed by atoms with Crippen LogP contribution in [0.25, 0.3) is 0 Å². The van der Waals surface area contributed by atoms with E-state index in [4.69, 9.17) is 0 Å². The van der Waals surface area contributed by atoms with E-state index in [2.05, 4.69) is 10.6 Å². The number of carbonyl (C=O) groups is 2. The highest BCUT2D eigenvalue weighted by Crippen LogP contribution is 2.25. The van der Waals surface area contributed by atoms with Crippen LogP contribution in [0.4, 0.5) is 25.0 Å². The van der Waals surface area contributed by atoms with Crippen molar-refractivity contribution < 1.29 is 18.4 Å². The summed E-state index contributed by atoms with van der Waals surface area (Å²) in [6.07, 6.45) is 0.308. The number of para-hydroxylation sites is 1. The molecule has 2 N–H and O–H groups in total. The van der Waals surface area contributed by atoms with Crippen LogP contribution in [0, 0.1) is 24.5 Å². The molecular formula is C19H19F2N3O2. The second-order valence-corrected chi connectivity index (χ2v) is 6.34. The van der Waals surface area contributed by atoms with Crippen LogP contribution >= 0.6 is 0 Å². The van der Waals surface area contributed by atoms with E-state index >= 15 is 0 Å². The van der Waals surface area contributed by atoms with Crippen molar-refractivity contribution >= 4 is 23.3 Å². The van der Waals surface area contributed by atoms with Gasteiger partial charge in [0, 0.05) is 31.1 Å². The molecule has 26 heavy (non-hydrogen) atoms. The molecule has 1 aliphatic heterocycles. The molecule has 1 saturated heterocycles. The smallest absolute Gasteiger partial charge is 0.319 e. The minimum Gasteiger partial charge on any atom is -0.338 e. The zero-order chi connectivity index (χ0) is 18.7. The number of carbonyl (C=O) groups excluding carboxylic acids is 2. The van der Waals surface area contributed by atoms with Gasteiger partial charge in [-0.2, -0.15) is 0 Å². The van der Waals surface area contributed by atoms with Gasteiger partial charge >= 0.3 is 6.03 Å². The molecule has 2 aromatic rings. The highest BCUT2D eigenvalue weighted by Gasteiger charge is 2.30. The lowest BCUT2D eigenvalue weighted by Crippen LogP contribution is -2.34. The minimum absolute atomic E-state index is 0.0128. The van der Waals surface area contributed by atoms with Crippen molar-refractivity contribution in [3.8, 4) is 0 Å². The molecule has 1 aliphatic rings.